The van der Waals surface area contributed by atoms with Crippen LogP contribution in [0, 0.1) is 28.6 Å². The van der Waals surface area contributed by atoms with Crippen molar-refractivity contribution >= 4 is 0 Å². The maximum Gasteiger partial charge on any atom is 0.0755 e. The third-order valence-corrected chi connectivity index (χ3v) is 6.17. The Morgan fingerprint density at radius 3 is 2.62 bits per heavy atom. The van der Waals surface area contributed by atoms with E-state index in [2.05, 4.69) is 33.8 Å². The highest BCUT2D eigenvalue weighted by atomic mass is 16.3. The Hall–Kier alpha value is -0.300. The van der Waals surface area contributed by atoms with Crippen molar-refractivity contribution in [1.82, 2.24) is 0 Å². The molecule has 5 atom stereocenters. The van der Waals surface area contributed by atoms with Crippen LogP contribution in [0.15, 0.2) is 11.6 Å². The van der Waals surface area contributed by atoms with Crippen molar-refractivity contribution < 1.29 is 5.11 Å². The first-order chi connectivity index (χ1) is 7.40. The van der Waals surface area contributed by atoms with E-state index >= 15 is 0 Å². The smallest absolute Gasteiger partial charge is 0.0755 e. The molecule has 2 fully saturated rings. The predicted octanol–water partition coefficient (Wildman–Crippen LogP) is 3.39. The highest BCUT2D eigenvalue weighted by molar-refractivity contribution is 5.34. The molecule has 0 bridgehead atoms. The van der Waals surface area contributed by atoms with Gasteiger partial charge in [0.2, 0.25) is 0 Å². The van der Waals surface area contributed by atoms with E-state index in [1.54, 1.807) is 0 Å². The molecule has 0 aliphatic heterocycles. The fourth-order valence-electron chi connectivity index (χ4n) is 4.98. The Kier molecular flexibility index (Phi) is 1.98. The summed E-state index contributed by atoms with van der Waals surface area (Å²) >= 11 is 0. The zero-order chi connectivity index (χ0) is 11.7. The summed E-state index contributed by atoms with van der Waals surface area (Å²) in [5.74, 6) is 2.41. The van der Waals surface area contributed by atoms with Crippen molar-refractivity contribution in [2.75, 3.05) is 0 Å². The Balaban J connectivity index is 2.04. The molecule has 5 unspecified atom stereocenters. The maximum atomic E-state index is 10.2. The zero-order valence-corrected chi connectivity index (χ0v) is 11.0. The van der Waals surface area contributed by atoms with Gasteiger partial charge < -0.3 is 5.11 Å². The highest BCUT2D eigenvalue weighted by Crippen LogP contribution is 2.74. The molecule has 0 radical (unpaired) electrons. The number of rotatable bonds is 0. The minimum atomic E-state index is -0.154. The molecule has 0 aromatic rings. The van der Waals surface area contributed by atoms with E-state index in [1.165, 1.54) is 18.4 Å². The summed E-state index contributed by atoms with van der Waals surface area (Å²) < 4.78 is 0. The van der Waals surface area contributed by atoms with E-state index < -0.39 is 0 Å². The van der Waals surface area contributed by atoms with Crippen molar-refractivity contribution in [1.29, 1.82) is 0 Å². The monoisotopic (exact) mass is 220 g/mol. The van der Waals surface area contributed by atoms with E-state index in [0.29, 0.717) is 5.41 Å². The van der Waals surface area contributed by atoms with Gasteiger partial charge in [0.15, 0.2) is 0 Å². The molecule has 1 nitrogen and oxygen atoms in total. The van der Waals surface area contributed by atoms with Crippen LogP contribution in [0.4, 0.5) is 0 Å². The third-order valence-electron chi connectivity index (χ3n) is 6.17. The average molecular weight is 220 g/mol. The van der Waals surface area contributed by atoms with Gasteiger partial charge >= 0.3 is 0 Å². The second kappa shape index (κ2) is 2.93. The summed E-state index contributed by atoms with van der Waals surface area (Å²) in [4.78, 5) is 0. The Bertz CT molecular complexity index is 354. The Labute approximate surface area is 98.9 Å². The molecule has 2 saturated carbocycles. The molecule has 3 aliphatic carbocycles. The van der Waals surface area contributed by atoms with E-state index in [9.17, 15) is 5.11 Å². The molecule has 1 heteroatoms. The van der Waals surface area contributed by atoms with Gasteiger partial charge in [0.05, 0.1) is 6.10 Å². The predicted molar refractivity (Wildman–Crippen MR) is 66.0 cm³/mol. The van der Waals surface area contributed by atoms with Gasteiger partial charge in [-0.2, -0.15) is 0 Å². The fourth-order valence-corrected chi connectivity index (χ4v) is 4.98. The van der Waals surface area contributed by atoms with Crippen LogP contribution < -0.4 is 0 Å². The van der Waals surface area contributed by atoms with Crippen LogP contribution in [0.1, 0.15) is 47.0 Å². The largest absolute Gasteiger partial charge is 0.389 e. The molecule has 0 aromatic heterocycles. The zero-order valence-electron chi connectivity index (χ0n) is 11.0. The molecule has 3 rings (SSSR count). The topological polar surface area (TPSA) is 20.2 Å². The average Bonchev–Trinajstić information content (AvgIpc) is 2.78. The lowest BCUT2D eigenvalue weighted by Crippen LogP contribution is -2.42. The van der Waals surface area contributed by atoms with Crippen LogP contribution in [0.25, 0.3) is 0 Å². The van der Waals surface area contributed by atoms with E-state index in [4.69, 9.17) is 0 Å². The number of hydrogen-bond acceptors (Lipinski definition) is 1. The summed E-state index contributed by atoms with van der Waals surface area (Å²) in [6.07, 6.45) is 5.58. The highest BCUT2D eigenvalue weighted by Gasteiger charge is 2.68. The standard InChI is InChI=1S/C15H24O/c1-9-5-8-12(16)10-6-7-11-13(14(11,2)3)15(9,10)4/h6,9,11-13,16H,5,7-8H2,1-4H3. The summed E-state index contributed by atoms with van der Waals surface area (Å²) in [6, 6.07) is 0. The number of hydrogen-bond donors (Lipinski definition) is 1. The van der Waals surface area contributed by atoms with Crippen LogP contribution in [0.2, 0.25) is 0 Å². The number of fused-ring (bicyclic) bond motifs is 3. The molecule has 1 N–H and O–H groups in total. The lowest BCUT2D eigenvalue weighted by atomic mass is 9.58. The van der Waals surface area contributed by atoms with Gasteiger partial charge in [0.25, 0.3) is 0 Å². The number of aliphatic hydroxyl groups is 1. The van der Waals surface area contributed by atoms with Crippen molar-refractivity contribution in [3.63, 3.8) is 0 Å². The number of aliphatic hydroxyl groups excluding tert-OH is 1. The lowest BCUT2D eigenvalue weighted by molar-refractivity contribution is 0.0585. The van der Waals surface area contributed by atoms with E-state index in [0.717, 1.165) is 24.2 Å². The molecule has 0 saturated heterocycles. The van der Waals surface area contributed by atoms with Crippen molar-refractivity contribution in [3.8, 4) is 0 Å². The fraction of sp³-hybridized carbons (Fsp3) is 0.867. The van der Waals surface area contributed by atoms with Crippen molar-refractivity contribution in [3.05, 3.63) is 11.6 Å². The maximum absolute atomic E-state index is 10.2. The molecule has 90 valence electrons. The molecular weight excluding hydrogens is 196 g/mol. The SMILES string of the molecule is CC1CCC(O)C2=CCC3C(C3(C)C)C21C. The first kappa shape index (κ1) is 10.8. The summed E-state index contributed by atoms with van der Waals surface area (Å²) in [7, 11) is 0. The summed E-state index contributed by atoms with van der Waals surface area (Å²) in [5, 5.41) is 10.2. The molecule has 0 heterocycles. The third kappa shape index (κ3) is 1.06. The van der Waals surface area contributed by atoms with Crippen LogP contribution in [-0.2, 0) is 0 Å². The molecule has 0 amide bonds. The Morgan fingerprint density at radius 2 is 1.94 bits per heavy atom. The van der Waals surface area contributed by atoms with Crippen molar-refractivity contribution in [2.24, 2.45) is 28.6 Å². The lowest BCUT2D eigenvalue weighted by Gasteiger charge is -2.47. The van der Waals surface area contributed by atoms with Gasteiger partial charge in [0, 0.05) is 0 Å². The van der Waals surface area contributed by atoms with Gasteiger partial charge in [-0.25, -0.2) is 0 Å². The first-order valence-corrected chi connectivity index (χ1v) is 6.78. The minimum Gasteiger partial charge on any atom is -0.389 e. The molecule has 3 aliphatic rings. The van der Waals surface area contributed by atoms with Gasteiger partial charge in [0.1, 0.15) is 0 Å². The van der Waals surface area contributed by atoms with Crippen LogP contribution in [0.5, 0.6) is 0 Å². The normalized spacial score (nSPS) is 53.7. The quantitative estimate of drug-likeness (QED) is 0.620. The van der Waals surface area contributed by atoms with E-state index in [1.807, 2.05) is 0 Å². The van der Waals surface area contributed by atoms with Gasteiger partial charge in [-0.15, -0.1) is 0 Å². The van der Waals surface area contributed by atoms with E-state index in [-0.39, 0.29) is 11.5 Å². The molecule has 16 heavy (non-hydrogen) atoms. The molecule has 0 aromatic carbocycles. The van der Waals surface area contributed by atoms with Gasteiger partial charge in [-0.3, -0.25) is 0 Å². The van der Waals surface area contributed by atoms with Gasteiger partial charge in [-0.05, 0) is 53.4 Å². The van der Waals surface area contributed by atoms with Crippen LogP contribution in [-0.4, -0.2) is 11.2 Å². The first-order valence-electron chi connectivity index (χ1n) is 6.78. The second-order valence-corrected chi connectivity index (χ2v) is 7.08. The van der Waals surface area contributed by atoms with Gasteiger partial charge in [-0.1, -0.05) is 33.8 Å². The van der Waals surface area contributed by atoms with Crippen LogP contribution in [0.3, 0.4) is 0 Å². The van der Waals surface area contributed by atoms with Crippen LogP contribution >= 0.6 is 0 Å². The Morgan fingerprint density at radius 1 is 1.25 bits per heavy atom. The molecule has 0 spiro atoms. The summed E-state index contributed by atoms with van der Waals surface area (Å²) in [5.41, 5.74) is 2.15. The summed E-state index contributed by atoms with van der Waals surface area (Å²) in [6.45, 7) is 9.63. The minimum absolute atomic E-state index is 0.154. The number of allylic oxidation sites excluding steroid dienone is 1. The van der Waals surface area contributed by atoms with Crippen molar-refractivity contribution in [2.45, 2.75) is 53.1 Å². The second-order valence-electron chi connectivity index (χ2n) is 7.08. The molecular formula is C15H24O.